The van der Waals surface area contributed by atoms with Crippen LogP contribution in [-0.2, 0) is 24.3 Å². The molecule has 0 saturated heterocycles. The minimum Gasteiger partial charge on any atom is -0.459 e. The van der Waals surface area contributed by atoms with E-state index in [0.29, 0.717) is 13.0 Å². The van der Waals surface area contributed by atoms with E-state index in [1.165, 1.54) is 28.2 Å². The number of halogens is 2. The molecule has 1 atom stereocenters. The van der Waals surface area contributed by atoms with E-state index in [0.717, 1.165) is 11.1 Å². The predicted octanol–water partition coefficient (Wildman–Crippen LogP) is 4.30. The van der Waals surface area contributed by atoms with Crippen LogP contribution in [0.5, 0.6) is 0 Å². The largest absolute Gasteiger partial charge is 0.459 e. The van der Waals surface area contributed by atoms with Crippen LogP contribution in [0.3, 0.4) is 0 Å². The van der Waals surface area contributed by atoms with Crippen LogP contribution < -0.4 is 0 Å². The number of nitrogens with zero attached hydrogens (tertiary/aromatic N) is 2. The Balaban J connectivity index is 1.63. The number of hydrogen-bond acceptors (Lipinski definition) is 3. The summed E-state index contributed by atoms with van der Waals surface area (Å²) < 4.78 is 19.5. The maximum atomic E-state index is 14.2. The van der Waals surface area contributed by atoms with E-state index in [1.54, 1.807) is 25.2 Å². The van der Waals surface area contributed by atoms with Crippen LogP contribution in [0.25, 0.3) is 0 Å². The molecule has 0 aliphatic carbocycles. The Kier molecular flexibility index (Phi) is 5.59. The van der Waals surface area contributed by atoms with Crippen molar-refractivity contribution in [2.24, 2.45) is 0 Å². The van der Waals surface area contributed by atoms with Crippen molar-refractivity contribution in [1.82, 2.24) is 9.80 Å². The number of furan rings is 1. The molecule has 2 aromatic carbocycles. The number of amides is 2. The summed E-state index contributed by atoms with van der Waals surface area (Å²) in [5, 5.41) is 0.257. The molecule has 0 N–H and O–H groups in total. The van der Waals surface area contributed by atoms with Gasteiger partial charge in [-0.05, 0) is 35.4 Å². The maximum Gasteiger partial charge on any atom is 0.290 e. The van der Waals surface area contributed by atoms with Crippen LogP contribution in [0.2, 0.25) is 5.02 Å². The second kappa shape index (κ2) is 8.32. The van der Waals surface area contributed by atoms with E-state index in [2.05, 4.69) is 0 Å². The van der Waals surface area contributed by atoms with Crippen molar-refractivity contribution in [3.63, 3.8) is 0 Å². The molecule has 0 spiro atoms. The quantitative estimate of drug-likeness (QED) is 0.625. The van der Waals surface area contributed by atoms with Gasteiger partial charge in [-0.15, -0.1) is 0 Å². The Hall–Kier alpha value is -3.12. The van der Waals surface area contributed by atoms with Crippen molar-refractivity contribution in [3.8, 4) is 0 Å². The molecule has 0 saturated carbocycles. The summed E-state index contributed by atoms with van der Waals surface area (Å²) in [5.74, 6) is -0.944. The highest BCUT2D eigenvalue weighted by atomic mass is 35.5. The first-order valence-electron chi connectivity index (χ1n) is 9.55. The van der Waals surface area contributed by atoms with Crippen LogP contribution >= 0.6 is 11.6 Å². The van der Waals surface area contributed by atoms with Gasteiger partial charge in [0.05, 0.1) is 6.26 Å². The zero-order valence-corrected chi connectivity index (χ0v) is 17.1. The standard InChI is InChI=1S/C23H20ClFN2O3/c1-26(14-17-18(24)8-4-9-19(17)25)22(28)20-12-15-6-2-3-7-16(15)13-27(20)23(29)21-10-5-11-30-21/h2-11,20H,12-14H2,1H3. The lowest BCUT2D eigenvalue weighted by atomic mass is 9.93. The Morgan fingerprint density at radius 2 is 1.90 bits per heavy atom. The van der Waals surface area contributed by atoms with Gasteiger partial charge in [0, 0.05) is 37.1 Å². The molecular weight excluding hydrogens is 407 g/mol. The molecule has 2 heterocycles. The normalized spacial score (nSPS) is 15.6. The highest BCUT2D eigenvalue weighted by Gasteiger charge is 2.37. The fourth-order valence-electron chi connectivity index (χ4n) is 3.75. The molecule has 0 bridgehead atoms. The second-order valence-corrected chi connectivity index (χ2v) is 7.70. The van der Waals surface area contributed by atoms with E-state index in [4.69, 9.17) is 16.0 Å². The average molecular weight is 427 g/mol. The first kappa shape index (κ1) is 20.2. The summed E-state index contributed by atoms with van der Waals surface area (Å²) in [6.07, 6.45) is 1.80. The van der Waals surface area contributed by atoms with Gasteiger partial charge in [-0.1, -0.05) is 41.9 Å². The number of benzene rings is 2. The second-order valence-electron chi connectivity index (χ2n) is 7.29. The summed E-state index contributed by atoms with van der Waals surface area (Å²) >= 11 is 6.12. The van der Waals surface area contributed by atoms with Crippen LogP contribution in [0.4, 0.5) is 4.39 Å². The van der Waals surface area contributed by atoms with E-state index in [1.807, 2.05) is 24.3 Å². The van der Waals surface area contributed by atoms with E-state index in [9.17, 15) is 14.0 Å². The summed E-state index contributed by atoms with van der Waals surface area (Å²) in [7, 11) is 1.58. The van der Waals surface area contributed by atoms with E-state index >= 15 is 0 Å². The predicted molar refractivity (Wildman–Crippen MR) is 110 cm³/mol. The topological polar surface area (TPSA) is 53.8 Å². The van der Waals surface area contributed by atoms with Crippen molar-refractivity contribution >= 4 is 23.4 Å². The van der Waals surface area contributed by atoms with Crippen LogP contribution in [0.1, 0.15) is 27.2 Å². The zero-order valence-electron chi connectivity index (χ0n) is 16.3. The zero-order chi connectivity index (χ0) is 21.3. The summed E-state index contributed by atoms with van der Waals surface area (Å²) in [5.41, 5.74) is 2.24. The minimum atomic E-state index is -0.729. The van der Waals surface area contributed by atoms with Gasteiger partial charge >= 0.3 is 0 Å². The fraction of sp³-hybridized carbons (Fsp3) is 0.217. The molecule has 1 aliphatic heterocycles. The molecule has 1 unspecified atom stereocenters. The molecule has 0 fully saturated rings. The van der Waals surface area contributed by atoms with Gasteiger partial charge in [-0.3, -0.25) is 9.59 Å². The van der Waals surface area contributed by atoms with Gasteiger partial charge in [-0.25, -0.2) is 4.39 Å². The van der Waals surface area contributed by atoms with E-state index < -0.39 is 11.9 Å². The molecule has 4 rings (SSSR count). The smallest absolute Gasteiger partial charge is 0.290 e. The number of rotatable bonds is 4. The summed E-state index contributed by atoms with van der Waals surface area (Å²) in [6.45, 7) is 0.297. The molecule has 7 heteroatoms. The first-order valence-corrected chi connectivity index (χ1v) is 9.92. The van der Waals surface area contributed by atoms with Gasteiger partial charge in [-0.2, -0.15) is 0 Å². The van der Waals surface area contributed by atoms with Crippen molar-refractivity contribution in [2.45, 2.75) is 25.6 Å². The Morgan fingerprint density at radius 1 is 1.13 bits per heavy atom. The van der Waals surface area contributed by atoms with Crippen LogP contribution in [0.15, 0.2) is 65.3 Å². The first-order chi connectivity index (χ1) is 14.5. The van der Waals surface area contributed by atoms with Crippen LogP contribution in [0, 0.1) is 5.82 Å². The molecule has 30 heavy (non-hydrogen) atoms. The lowest BCUT2D eigenvalue weighted by Gasteiger charge is -2.37. The monoisotopic (exact) mass is 426 g/mol. The molecular formula is C23H20ClFN2O3. The Labute approximate surface area is 178 Å². The fourth-order valence-corrected chi connectivity index (χ4v) is 3.97. The van der Waals surface area contributed by atoms with Gasteiger partial charge in [0.25, 0.3) is 5.91 Å². The van der Waals surface area contributed by atoms with Gasteiger partial charge < -0.3 is 14.2 Å². The third-order valence-corrected chi connectivity index (χ3v) is 5.71. The summed E-state index contributed by atoms with van der Waals surface area (Å²) in [6, 6.07) is 14.6. The van der Waals surface area contributed by atoms with Crippen molar-refractivity contribution in [2.75, 3.05) is 7.05 Å². The number of hydrogen-bond donors (Lipinski definition) is 0. The Morgan fingerprint density at radius 3 is 2.60 bits per heavy atom. The maximum absolute atomic E-state index is 14.2. The van der Waals surface area contributed by atoms with Crippen molar-refractivity contribution in [3.05, 3.63) is 94.2 Å². The third kappa shape index (κ3) is 3.83. The number of likely N-dealkylation sites (N-methyl/N-ethyl adjacent to an activating group) is 1. The third-order valence-electron chi connectivity index (χ3n) is 5.36. The molecule has 2 amide bonds. The van der Waals surface area contributed by atoms with Crippen LogP contribution in [-0.4, -0.2) is 34.7 Å². The van der Waals surface area contributed by atoms with Gasteiger partial charge in [0.15, 0.2) is 5.76 Å². The minimum absolute atomic E-state index is 0.00523. The lowest BCUT2D eigenvalue weighted by Crippen LogP contribution is -2.52. The summed E-state index contributed by atoms with van der Waals surface area (Å²) in [4.78, 5) is 29.3. The molecule has 5 nitrogen and oxygen atoms in total. The highest BCUT2D eigenvalue weighted by Crippen LogP contribution is 2.27. The lowest BCUT2D eigenvalue weighted by molar-refractivity contribution is -0.136. The molecule has 1 aliphatic rings. The number of carbonyl (C=O) groups excluding carboxylic acids is 2. The molecule has 3 aromatic rings. The van der Waals surface area contributed by atoms with Gasteiger partial charge in [0.2, 0.25) is 5.91 Å². The SMILES string of the molecule is CN(Cc1c(F)cccc1Cl)C(=O)C1Cc2ccccc2CN1C(=O)c1ccco1. The average Bonchev–Trinajstić information content (AvgIpc) is 3.29. The molecule has 1 aromatic heterocycles. The molecule has 154 valence electrons. The van der Waals surface area contributed by atoms with Crippen molar-refractivity contribution in [1.29, 1.82) is 0 Å². The number of fused-ring (bicyclic) bond motifs is 1. The molecule has 0 radical (unpaired) electrons. The van der Waals surface area contributed by atoms with E-state index in [-0.39, 0.29) is 34.7 Å². The Bertz CT molecular complexity index is 1060. The van der Waals surface area contributed by atoms with Crippen molar-refractivity contribution < 1.29 is 18.4 Å². The highest BCUT2D eigenvalue weighted by molar-refractivity contribution is 6.31. The van der Waals surface area contributed by atoms with Gasteiger partial charge in [0.1, 0.15) is 11.9 Å². The number of carbonyl (C=O) groups is 2.